The van der Waals surface area contributed by atoms with Crippen molar-refractivity contribution < 1.29 is 14.6 Å². The Balaban J connectivity index is 3.77. The van der Waals surface area contributed by atoms with Crippen LogP contribution in [-0.4, -0.2) is 36.4 Å². The summed E-state index contributed by atoms with van der Waals surface area (Å²) in [5, 5.41) is 12.6. The summed E-state index contributed by atoms with van der Waals surface area (Å²) in [7, 11) is 0. The Morgan fingerprint density at radius 2 is 2.13 bits per heavy atom. The molecule has 4 nitrogen and oxygen atoms in total. The van der Waals surface area contributed by atoms with E-state index in [1.165, 1.54) is 0 Å². The van der Waals surface area contributed by atoms with Crippen LogP contribution in [0.1, 0.15) is 34.1 Å². The molecule has 4 heteroatoms. The van der Waals surface area contributed by atoms with Gasteiger partial charge in [0.15, 0.2) is 0 Å². The SMILES string of the molecule is CCOCC(=O)NCC(C)(O)CC(C)C. The highest BCUT2D eigenvalue weighted by atomic mass is 16.5. The van der Waals surface area contributed by atoms with Gasteiger partial charge in [-0.05, 0) is 26.2 Å². The van der Waals surface area contributed by atoms with Gasteiger partial charge in [0.2, 0.25) is 5.91 Å². The Hall–Kier alpha value is -0.610. The lowest BCUT2D eigenvalue weighted by Crippen LogP contribution is -2.42. The number of hydrogen-bond donors (Lipinski definition) is 2. The summed E-state index contributed by atoms with van der Waals surface area (Å²) in [4.78, 5) is 11.2. The van der Waals surface area contributed by atoms with E-state index in [2.05, 4.69) is 5.32 Å². The summed E-state index contributed by atoms with van der Waals surface area (Å²) in [6.07, 6.45) is 0.669. The summed E-state index contributed by atoms with van der Waals surface area (Å²) in [6.45, 7) is 8.50. The van der Waals surface area contributed by atoms with Crippen LogP contribution < -0.4 is 5.32 Å². The molecule has 1 amide bonds. The van der Waals surface area contributed by atoms with Crippen LogP contribution in [0.3, 0.4) is 0 Å². The zero-order valence-electron chi connectivity index (χ0n) is 10.2. The molecule has 15 heavy (non-hydrogen) atoms. The molecule has 0 saturated carbocycles. The normalized spacial score (nSPS) is 15.1. The minimum absolute atomic E-state index is 0.0637. The third-order valence-electron chi connectivity index (χ3n) is 1.95. The van der Waals surface area contributed by atoms with E-state index in [1.807, 2.05) is 20.8 Å². The zero-order chi connectivity index (χ0) is 11.9. The minimum atomic E-state index is -0.837. The Labute approximate surface area is 92.0 Å². The van der Waals surface area contributed by atoms with Crippen LogP contribution in [0.4, 0.5) is 0 Å². The van der Waals surface area contributed by atoms with E-state index in [0.29, 0.717) is 18.9 Å². The maximum atomic E-state index is 11.2. The van der Waals surface area contributed by atoms with Gasteiger partial charge in [0.25, 0.3) is 0 Å². The fourth-order valence-electron chi connectivity index (χ4n) is 1.49. The lowest BCUT2D eigenvalue weighted by atomic mass is 9.94. The highest BCUT2D eigenvalue weighted by Crippen LogP contribution is 2.14. The Bertz CT molecular complexity index is 190. The second-order valence-corrected chi connectivity index (χ2v) is 4.51. The van der Waals surface area contributed by atoms with Crippen molar-refractivity contribution >= 4 is 5.91 Å². The zero-order valence-corrected chi connectivity index (χ0v) is 10.2. The number of rotatable bonds is 7. The second-order valence-electron chi connectivity index (χ2n) is 4.51. The van der Waals surface area contributed by atoms with Crippen molar-refractivity contribution in [3.63, 3.8) is 0 Å². The average molecular weight is 217 g/mol. The van der Waals surface area contributed by atoms with E-state index in [0.717, 1.165) is 0 Å². The number of amides is 1. The molecule has 0 rings (SSSR count). The predicted molar refractivity (Wildman–Crippen MR) is 59.6 cm³/mol. The van der Waals surface area contributed by atoms with Crippen LogP contribution in [0.5, 0.6) is 0 Å². The summed E-state index contributed by atoms with van der Waals surface area (Å²) >= 11 is 0. The summed E-state index contributed by atoms with van der Waals surface area (Å²) in [6, 6.07) is 0. The highest BCUT2D eigenvalue weighted by Gasteiger charge is 2.22. The van der Waals surface area contributed by atoms with Gasteiger partial charge in [-0.1, -0.05) is 13.8 Å². The van der Waals surface area contributed by atoms with E-state index < -0.39 is 5.60 Å². The van der Waals surface area contributed by atoms with Crippen LogP contribution in [0, 0.1) is 5.92 Å². The highest BCUT2D eigenvalue weighted by molar-refractivity contribution is 5.77. The van der Waals surface area contributed by atoms with Crippen LogP contribution in [0.2, 0.25) is 0 Å². The van der Waals surface area contributed by atoms with Gasteiger partial charge in [0.1, 0.15) is 6.61 Å². The van der Waals surface area contributed by atoms with Gasteiger partial charge in [-0.25, -0.2) is 0 Å². The van der Waals surface area contributed by atoms with E-state index >= 15 is 0 Å². The summed E-state index contributed by atoms with van der Waals surface area (Å²) in [5.74, 6) is 0.227. The van der Waals surface area contributed by atoms with Gasteiger partial charge in [-0.3, -0.25) is 4.79 Å². The van der Waals surface area contributed by atoms with Crippen molar-refractivity contribution in [1.82, 2.24) is 5.32 Å². The van der Waals surface area contributed by atoms with Crippen molar-refractivity contribution in [2.45, 2.75) is 39.7 Å². The van der Waals surface area contributed by atoms with Crippen LogP contribution in [0.15, 0.2) is 0 Å². The lowest BCUT2D eigenvalue weighted by Gasteiger charge is -2.25. The van der Waals surface area contributed by atoms with Crippen molar-refractivity contribution in [1.29, 1.82) is 0 Å². The average Bonchev–Trinajstić information content (AvgIpc) is 2.09. The first-order valence-electron chi connectivity index (χ1n) is 5.44. The fraction of sp³-hybridized carbons (Fsp3) is 0.909. The molecule has 0 aromatic carbocycles. The smallest absolute Gasteiger partial charge is 0.246 e. The number of carbonyl (C=O) groups excluding carboxylic acids is 1. The molecule has 0 bridgehead atoms. The predicted octanol–water partition coefficient (Wildman–Crippen LogP) is 0.936. The topological polar surface area (TPSA) is 58.6 Å². The maximum Gasteiger partial charge on any atom is 0.246 e. The first-order valence-corrected chi connectivity index (χ1v) is 5.44. The molecule has 90 valence electrons. The molecule has 0 radical (unpaired) electrons. The van der Waals surface area contributed by atoms with Gasteiger partial charge in [-0.15, -0.1) is 0 Å². The number of nitrogens with one attached hydrogen (secondary N) is 1. The van der Waals surface area contributed by atoms with E-state index in [4.69, 9.17) is 4.74 Å². The molecule has 1 unspecified atom stereocenters. The fourth-order valence-corrected chi connectivity index (χ4v) is 1.49. The molecule has 0 aromatic rings. The Morgan fingerprint density at radius 3 is 2.60 bits per heavy atom. The van der Waals surface area contributed by atoms with Crippen molar-refractivity contribution in [2.24, 2.45) is 5.92 Å². The molecule has 0 aromatic heterocycles. The largest absolute Gasteiger partial charge is 0.388 e. The standard InChI is InChI=1S/C11H23NO3/c1-5-15-7-10(13)12-8-11(4,14)6-9(2)3/h9,14H,5-8H2,1-4H3,(H,12,13). The number of ether oxygens (including phenoxy) is 1. The third-order valence-corrected chi connectivity index (χ3v) is 1.95. The van der Waals surface area contributed by atoms with Crippen molar-refractivity contribution in [2.75, 3.05) is 19.8 Å². The van der Waals surface area contributed by atoms with Crippen LogP contribution in [-0.2, 0) is 9.53 Å². The van der Waals surface area contributed by atoms with E-state index in [1.54, 1.807) is 6.92 Å². The van der Waals surface area contributed by atoms with E-state index in [-0.39, 0.29) is 19.1 Å². The molecule has 0 heterocycles. The number of aliphatic hydroxyl groups is 1. The van der Waals surface area contributed by atoms with Gasteiger partial charge < -0.3 is 15.2 Å². The first kappa shape index (κ1) is 14.4. The van der Waals surface area contributed by atoms with Crippen LogP contribution >= 0.6 is 0 Å². The van der Waals surface area contributed by atoms with Gasteiger partial charge in [-0.2, -0.15) is 0 Å². The quantitative estimate of drug-likeness (QED) is 0.667. The molecule has 0 aliphatic heterocycles. The molecule has 1 atom stereocenters. The lowest BCUT2D eigenvalue weighted by molar-refractivity contribution is -0.126. The van der Waals surface area contributed by atoms with Crippen LogP contribution in [0.25, 0.3) is 0 Å². The first-order chi connectivity index (χ1) is 6.87. The van der Waals surface area contributed by atoms with Gasteiger partial charge in [0.05, 0.1) is 5.60 Å². The van der Waals surface area contributed by atoms with Crippen molar-refractivity contribution in [3.8, 4) is 0 Å². The Morgan fingerprint density at radius 1 is 1.53 bits per heavy atom. The monoisotopic (exact) mass is 217 g/mol. The number of carbonyl (C=O) groups is 1. The molecular weight excluding hydrogens is 194 g/mol. The second kappa shape index (κ2) is 6.80. The molecule has 0 saturated heterocycles. The molecule has 0 aliphatic carbocycles. The molecule has 2 N–H and O–H groups in total. The third kappa shape index (κ3) is 8.39. The summed E-state index contributed by atoms with van der Waals surface area (Å²) in [5.41, 5.74) is -0.837. The Kier molecular flexibility index (Phi) is 6.52. The molecule has 0 aliphatic rings. The summed E-state index contributed by atoms with van der Waals surface area (Å²) < 4.78 is 4.95. The number of hydrogen-bond acceptors (Lipinski definition) is 3. The molecule has 0 fully saturated rings. The minimum Gasteiger partial charge on any atom is -0.388 e. The van der Waals surface area contributed by atoms with Gasteiger partial charge in [0, 0.05) is 13.2 Å². The van der Waals surface area contributed by atoms with Gasteiger partial charge >= 0.3 is 0 Å². The molecule has 0 spiro atoms. The van der Waals surface area contributed by atoms with E-state index in [9.17, 15) is 9.90 Å². The maximum absolute atomic E-state index is 11.2. The molecular formula is C11H23NO3. The van der Waals surface area contributed by atoms with Crippen molar-refractivity contribution in [3.05, 3.63) is 0 Å².